The van der Waals surface area contributed by atoms with Gasteiger partial charge >= 0.3 is 0 Å². The van der Waals surface area contributed by atoms with Crippen LogP contribution in [0.15, 0.2) is 140 Å². The third-order valence-corrected chi connectivity index (χ3v) is 12.1. The monoisotopic (exact) mass is 791 g/mol. The van der Waals surface area contributed by atoms with Crippen LogP contribution in [0.5, 0.6) is 5.75 Å². The molecule has 0 unspecified atom stereocenters. The number of rotatable bonds is 5. The number of hydrogen-bond donors (Lipinski definition) is 1. The Morgan fingerprint density at radius 1 is 0.674 bits per heavy atom. The van der Waals surface area contributed by atoms with Gasteiger partial charge in [-0.05, 0) is 64.0 Å². The summed E-state index contributed by atoms with van der Waals surface area (Å²) in [4.78, 5) is 10.1. The summed E-state index contributed by atoms with van der Waals surface area (Å²) in [5.74, 6) is 0.215. The number of aromatic nitrogens is 3. The summed E-state index contributed by atoms with van der Waals surface area (Å²) in [6, 6.07) is 49.4. The number of para-hydroxylation sites is 3. The van der Waals surface area contributed by atoms with Gasteiger partial charge in [0.2, 0.25) is 0 Å². The van der Waals surface area contributed by atoms with Gasteiger partial charge in [0.1, 0.15) is 19.5 Å². The van der Waals surface area contributed by atoms with Crippen LogP contribution in [-0.4, -0.2) is 27.7 Å². The van der Waals surface area contributed by atoms with Crippen molar-refractivity contribution in [1.29, 1.82) is 0 Å². The zero-order valence-corrected chi connectivity index (χ0v) is 28.7. The molecule has 0 saturated carbocycles. The SMILES string of the molecule is C[Si](C)(c1[c-]c(-c2ccc3c4ccccc4n(-c4ccccc4O)c3n2)ccc1)c1cc(-c2ccc3ccccc3c2)ccn1.[Pt]. The van der Waals surface area contributed by atoms with Gasteiger partial charge in [-0.1, -0.05) is 92.0 Å². The minimum Gasteiger partial charge on any atom is -0.506 e. The van der Waals surface area contributed by atoms with Crippen molar-refractivity contribution in [3.8, 4) is 33.8 Å². The Balaban J connectivity index is 0.00000338. The van der Waals surface area contributed by atoms with Crippen LogP contribution < -0.4 is 10.5 Å². The Labute approximate surface area is 283 Å². The summed E-state index contributed by atoms with van der Waals surface area (Å²) < 4.78 is 2.05. The van der Waals surface area contributed by atoms with Crippen LogP contribution in [0.4, 0.5) is 0 Å². The first-order chi connectivity index (χ1) is 22.0. The van der Waals surface area contributed by atoms with E-state index in [-0.39, 0.29) is 26.8 Å². The maximum Gasteiger partial charge on any atom is 0.139 e. The molecule has 0 aliphatic rings. The largest absolute Gasteiger partial charge is 0.506 e. The van der Waals surface area contributed by atoms with E-state index < -0.39 is 8.07 Å². The molecular weight excluding hydrogens is 762 g/mol. The molecule has 0 aliphatic heterocycles. The summed E-state index contributed by atoms with van der Waals surface area (Å²) in [7, 11) is -2.22. The standard InChI is InChI=1S/C40H30N3OSi.Pt/c1-45(2,39-26-30(22-23-41-39)29-19-18-27-10-3-4-11-28(27)24-29)32-13-9-12-31(25-32)35-21-20-34-33-14-5-6-15-36(33)43(40(34)42-35)37-16-7-8-17-38(37)44;/h3-24,26,44H,1-2H3;/q-1;. The molecule has 3 heterocycles. The summed E-state index contributed by atoms with van der Waals surface area (Å²) in [5.41, 5.74) is 6.65. The van der Waals surface area contributed by atoms with Crippen LogP contribution in [-0.2, 0) is 21.1 Å². The Kier molecular flexibility index (Phi) is 7.68. The molecule has 0 fully saturated rings. The molecule has 0 atom stereocenters. The summed E-state index contributed by atoms with van der Waals surface area (Å²) in [5, 5.41) is 17.7. The molecule has 0 spiro atoms. The molecule has 3 aromatic heterocycles. The zero-order valence-electron chi connectivity index (χ0n) is 25.4. The second kappa shape index (κ2) is 11.8. The normalized spacial score (nSPS) is 11.6. The van der Waals surface area contributed by atoms with E-state index in [4.69, 9.17) is 9.97 Å². The van der Waals surface area contributed by atoms with Gasteiger partial charge in [0.25, 0.3) is 0 Å². The zero-order chi connectivity index (χ0) is 30.5. The molecule has 226 valence electrons. The van der Waals surface area contributed by atoms with Crippen molar-refractivity contribution in [3.63, 3.8) is 0 Å². The van der Waals surface area contributed by atoms with Crippen molar-refractivity contribution in [1.82, 2.24) is 14.5 Å². The number of phenols is 1. The molecular formula is C40H30N3OPtSi-. The van der Waals surface area contributed by atoms with E-state index in [1.165, 1.54) is 27.1 Å². The van der Waals surface area contributed by atoms with Gasteiger partial charge < -0.3 is 5.11 Å². The van der Waals surface area contributed by atoms with Gasteiger partial charge in [-0.3, -0.25) is 14.5 Å². The fraction of sp³-hybridized carbons (Fsp3) is 0.0500. The van der Waals surface area contributed by atoms with Crippen molar-refractivity contribution in [3.05, 3.63) is 146 Å². The molecule has 1 N–H and O–H groups in total. The van der Waals surface area contributed by atoms with Crippen LogP contribution in [0.2, 0.25) is 13.1 Å². The maximum absolute atomic E-state index is 10.8. The second-order valence-corrected chi connectivity index (χ2v) is 16.3. The fourth-order valence-corrected chi connectivity index (χ4v) is 8.48. The molecule has 6 heteroatoms. The molecule has 0 saturated heterocycles. The third kappa shape index (κ3) is 5.06. The van der Waals surface area contributed by atoms with E-state index in [9.17, 15) is 5.11 Å². The topological polar surface area (TPSA) is 50.9 Å². The molecule has 4 nitrogen and oxygen atoms in total. The van der Waals surface area contributed by atoms with Gasteiger partial charge in [0, 0.05) is 43.4 Å². The molecule has 8 rings (SSSR count). The van der Waals surface area contributed by atoms with Gasteiger partial charge in [-0.15, -0.1) is 35.0 Å². The van der Waals surface area contributed by atoms with Gasteiger partial charge in [-0.25, -0.2) is 0 Å². The molecule has 8 aromatic rings. The number of fused-ring (bicyclic) bond motifs is 4. The van der Waals surface area contributed by atoms with E-state index in [0.717, 1.165) is 38.5 Å². The number of nitrogens with zero attached hydrogens (tertiary/aromatic N) is 3. The number of hydrogen-bond acceptors (Lipinski definition) is 3. The third-order valence-electron chi connectivity index (χ3n) is 8.87. The summed E-state index contributed by atoms with van der Waals surface area (Å²) in [6.45, 7) is 4.67. The molecule has 0 bridgehead atoms. The Hall–Kier alpha value is -4.83. The van der Waals surface area contributed by atoms with Crippen LogP contribution in [0.1, 0.15) is 0 Å². The van der Waals surface area contributed by atoms with Crippen LogP contribution in [0, 0.1) is 6.07 Å². The molecule has 0 radical (unpaired) electrons. The van der Waals surface area contributed by atoms with E-state index in [1.807, 2.05) is 41.1 Å². The van der Waals surface area contributed by atoms with Crippen molar-refractivity contribution < 1.29 is 26.2 Å². The Morgan fingerprint density at radius 3 is 2.30 bits per heavy atom. The summed E-state index contributed by atoms with van der Waals surface area (Å²) >= 11 is 0. The molecule has 0 amide bonds. The smallest absolute Gasteiger partial charge is 0.139 e. The van der Waals surface area contributed by atoms with Gasteiger partial charge in [0.15, 0.2) is 0 Å². The first kappa shape index (κ1) is 29.9. The van der Waals surface area contributed by atoms with Gasteiger partial charge in [0.05, 0.1) is 11.2 Å². The first-order valence-electron chi connectivity index (χ1n) is 15.1. The number of pyridine rings is 2. The number of aromatic hydroxyl groups is 1. The number of benzene rings is 5. The predicted molar refractivity (Wildman–Crippen MR) is 188 cm³/mol. The van der Waals surface area contributed by atoms with Crippen molar-refractivity contribution in [2.45, 2.75) is 13.1 Å². The molecule has 46 heavy (non-hydrogen) atoms. The van der Waals surface area contributed by atoms with E-state index >= 15 is 0 Å². The minimum absolute atomic E-state index is 0. The van der Waals surface area contributed by atoms with E-state index in [0.29, 0.717) is 5.69 Å². The van der Waals surface area contributed by atoms with E-state index in [1.54, 1.807) is 6.07 Å². The van der Waals surface area contributed by atoms with Crippen molar-refractivity contribution in [2.75, 3.05) is 0 Å². The Morgan fingerprint density at radius 2 is 1.43 bits per heavy atom. The van der Waals surface area contributed by atoms with E-state index in [2.05, 4.69) is 116 Å². The molecule has 0 aliphatic carbocycles. The van der Waals surface area contributed by atoms with Crippen molar-refractivity contribution in [2.24, 2.45) is 0 Å². The van der Waals surface area contributed by atoms with Crippen LogP contribution >= 0.6 is 0 Å². The molecule has 5 aromatic carbocycles. The summed E-state index contributed by atoms with van der Waals surface area (Å²) in [6.07, 6.45) is 1.94. The predicted octanol–water partition coefficient (Wildman–Crippen LogP) is 8.39. The quantitative estimate of drug-likeness (QED) is 0.141. The second-order valence-electron chi connectivity index (χ2n) is 12.0. The average Bonchev–Trinajstić information content (AvgIpc) is 3.42. The average molecular weight is 792 g/mol. The minimum atomic E-state index is -2.22. The van der Waals surface area contributed by atoms with Crippen LogP contribution in [0.3, 0.4) is 0 Å². The van der Waals surface area contributed by atoms with Gasteiger partial charge in [-0.2, -0.15) is 0 Å². The maximum atomic E-state index is 10.8. The fourth-order valence-electron chi connectivity index (χ4n) is 6.33. The number of phenolic OH excluding ortho intramolecular Hbond substituents is 1. The van der Waals surface area contributed by atoms with Crippen molar-refractivity contribution >= 4 is 51.3 Å². The first-order valence-corrected chi connectivity index (χ1v) is 18.1. The Bertz CT molecular complexity index is 2400. The van der Waals surface area contributed by atoms with Crippen LogP contribution in [0.25, 0.3) is 60.8 Å².